The minimum Gasteiger partial charge on any atom is -0.493 e. The van der Waals surface area contributed by atoms with Crippen LogP contribution in [0.15, 0.2) is 30.3 Å². The molecular formula is C28H39ClN2O3. The fraction of sp³-hybridized carbons (Fsp3) is 0.536. The second-order valence-corrected chi connectivity index (χ2v) is 9.70. The van der Waals surface area contributed by atoms with Gasteiger partial charge in [0.05, 0.1) is 14.2 Å². The smallest absolute Gasteiger partial charge is 0.254 e. The number of nitrogens with zero attached hydrogens (tertiary/aromatic N) is 2. The molecule has 1 amide bonds. The zero-order valence-corrected chi connectivity index (χ0v) is 21.9. The Morgan fingerprint density at radius 1 is 0.971 bits per heavy atom. The number of rotatable bonds is 7. The number of methoxy groups -OCH3 is 2. The van der Waals surface area contributed by atoms with E-state index in [0.717, 1.165) is 62.6 Å². The molecule has 4 rings (SSSR count). The molecule has 2 heterocycles. The van der Waals surface area contributed by atoms with Crippen molar-refractivity contribution in [2.45, 2.75) is 46.0 Å². The first-order valence-corrected chi connectivity index (χ1v) is 12.3. The van der Waals surface area contributed by atoms with Gasteiger partial charge in [-0.1, -0.05) is 18.6 Å². The number of hydrogen-bond donors (Lipinski definition) is 0. The molecule has 2 aliphatic heterocycles. The van der Waals surface area contributed by atoms with E-state index >= 15 is 0 Å². The fourth-order valence-corrected chi connectivity index (χ4v) is 5.29. The molecule has 34 heavy (non-hydrogen) atoms. The van der Waals surface area contributed by atoms with Crippen LogP contribution >= 0.6 is 12.4 Å². The van der Waals surface area contributed by atoms with Gasteiger partial charge in [-0.05, 0) is 92.4 Å². The number of benzene rings is 2. The average molecular weight is 487 g/mol. The van der Waals surface area contributed by atoms with Crippen molar-refractivity contribution >= 4 is 18.3 Å². The molecule has 6 heteroatoms. The Kier molecular flexibility index (Phi) is 9.26. The summed E-state index contributed by atoms with van der Waals surface area (Å²) in [7, 11) is 3.35. The number of likely N-dealkylation sites (tertiary alicyclic amines) is 1. The number of aryl methyl sites for hydroxylation is 2. The SMILES string of the molecule is COc1ccc(CCN2CCCCC(CN3CCc4cc(C)c(C)cc4C3=O)C2)cc1OC.Cl. The number of carbonyl (C=O) groups is 1. The summed E-state index contributed by atoms with van der Waals surface area (Å²) in [6.45, 7) is 9.18. The zero-order valence-electron chi connectivity index (χ0n) is 21.1. The van der Waals surface area contributed by atoms with Crippen LogP contribution in [-0.2, 0) is 12.8 Å². The van der Waals surface area contributed by atoms with Gasteiger partial charge < -0.3 is 19.3 Å². The second-order valence-electron chi connectivity index (χ2n) is 9.70. The molecule has 0 bridgehead atoms. The van der Waals surface area contributed by atoms with Crippen LogP contribution in [0.4, 0.5) is 0 Å². The van der Waals surface area contributed by atoms with Crippen LogP contribution in [0.5, 0.6) is 11.5 Å². The van der Waals surface area contributed by atoms with E-state index in [1.165, 1.54) is 41.5 Å². The Morgan fingerprint density at radius 3 is 2.50 bits per heavy atom. The van der Waals surface area contributed by atoms with Crippen molar-refractivity contribution in [3.8, 4) is 11.5 Å². The molecule has 0 aromatic heterocycles. The topological polar surface area (TPSA) is 42.0 Å². The molecule has 0 saturated carbocycles. The number of halogens is 1. The Morgan fingerprint density at radius 2 is 1.74 bits per heavy atom. The standard InChI is InChI=1S/C28H38N2O3.ClH/c1-20-15-24-11-14-30(28(31)25(24)16-21(20)2)19-23-7-5-6-12-29(18-23)13-10-22-8-9-26(32-3)27(17-22)33-4;/h8-9,15-17,23H,5-7,10-14,18-19H2,1-4H3;1H. The maximum atomic E-state index is 13.2. The molecule has 1 fully saturated rings. The predicted molar refractivity (Wildman–Crippen MR) is 140 cm³/mol. The molecule has 0 spiro atoms. The van der Waals surface area contributed by atoms with Crippen molar-refractivity contribution in [2.75, 3.05) is 46.9 Å². The van der Waals surface area contributed by atoms with E-state index in [0.29, 0.717) is 5.92 Å². The van der Waals surface area contributed by atoms with E-state index in [4.69, 9.17) is 9.47 Å². The van der Waals surface area contributed by atoms with E-state index in [1.54, 1.807) is 14.2 Å². The highest BCUT2D eigenvalue weighted by Crippen LogP contribution is 2.28. The average Bonchev–Trinajstić information content (AvgIpc) is 3.05. The van der Waals surface area contributed by atoms with Gasteiger partial charge in [-0.2, -0.15) is 0 Å². The lowest BCUT2D eigenvalue weighted by Gasteiger charge is -2.33. The second kappa shape index (κ2) is 11.9. The lowest BCUT2D eigenvalue weighted by molar-refractivity contribution is 0.0696. The lowest BCUT2D eigenvalue weighted by atomic mass is 9.93. The monoisotopic (exact) mass is 486 g/mol. The molecule has 2 aromatic rings. The summed E-state index contributed by atoms with van der Waals surface area (Å²) in [4.78, 5) is 17.9. The summed E-state index contributed by atoms with van der Waals surface area (Å²) in [5.41, 5.74) is 5.89. The maximum Gasteiger partial charge on any atom is 0.254 e. The summed E-state index contributed by atoms with van der Waals surface area (Å²) in [5, 5.41) is 0. The summed E-state index contributed by atoms with van der Waals surface area (Å²) >= 11 is 0. The van der Waals surface area contributed by atoms with Gasteiger partial charge in [0.2, 0.25) is 0 Å². The Labute approximate surface area is 210 Å². The zero-order chi connectivity index (χ0) is 23.4. The summed E-state index contributed by atoms with van der Waals surface area (Å²) in [5.74, 6) is 2.32. The van der Waals surface area contributed by atoms with Gasteiger partial charge in [0, 0.05) is 31.7 Å². The molecule has 0 N–H and O–H groups in total. The van der Waals surface area contributed by atoms with Crippen LogP contribution in [0.3, 0.4) is 0 Å². The predicted octanol–water partition coefficient (Wildman–Crippen LogP) is 5.09. The molecule has 5 nitrogen and oxygen atoms in total. The van der Waals surface area contributed by atoms with Gasteiger partial charge in [0.15, 0.2) is 11.5 Å². The number of ether oxygens (including phenoxy) is 2. The maximum absolute atomic E-state index is 13.2. The van der Waals surface area contributed by atoms with Crippen LogP contribution in [-0.4, -0.2) is 62.7 Å². The molecule has 0 aliphatic carbocycles. The quantitative estimate of drug-likeness (QED) is 0.547. The summed E-state index contributed by atoms with van der Waals surface area (Å²) in [6.07, 6.45) is 5.64. The third kappa shape index (κ3) is 6.05. The van der Waals surface area contributed by atoms with E-state index in [2.05, 4.69) is 47.9 Å². The van der Waals surface area contributed by atoms with Gasteiger partial charge in [0.25, 0.3) is 5.91 Å². The summed E-state index contributed by atoms with van der Waals surface area (Å²) in [6, 6.07) is 10.5. The first-order valence-electron chi connectivity index (χ1n) is 12.3. The van der Waals surface area contributed by atoms with Gasteiger partial charge in [-0.25, -0.2) is 0 Å². The number of amides is 1. The minimum atomic E-state index is 0. The minimum absolute atomic E-state index is 0. The van der Waals surface area contributed by atoms with E-state index in [1.807, 2.05) is 6.07 Å². The van der Waals surface area contributed by atoms with Crippen molar-refractivity contribution in [3.05, 3.63) is 58.1 Å². The van der Waals surface area contributed by atoms with Crippen molar-refractivity contribution in [1.82, 2.24) is 9.80 Å². The van der Waals surface area contributed by atoms with Crippen molar-refractivity contribution < 1.29 is 14.3 Å². The largest absolute Gasteiger partial charge is 0.493 e. The fourth-order valence-electron chi connectivity index (χ4n) is 5.29. The van der Waals surface area contributed by atoms with Crippen molar-refractivity contribution in [2.24, 2.45) is 5.92 Å². The first-order chi connectivity index (χ1) is 16.0. The normalized spacial score (nSPS) is 18.6. The molecule has 1 unspecified atom stereocenters. The number of fused-ring (bicyclic) bond motifs is 1. The Balaban J connectivity index is 0.00000324. The van der Waals surface area contributed by atoms with Gasteiger partial charge in [-0.3, -0.25) is 4.79 Å². The third-order valence-corrected chi connectivity index (χ3v) is 7.38. The van der Waals surface area contributed by atoms with Crippen LogP contribution in [0.1, 0.15) is 51.9 Å². The van der Waals surface area contributed by atoms with Gasteiger partial charge in [0.1, 0.15) is 0 Å². The van der Waals surface area contributed by atoms with E-state index < -0.39 is 0 Å². The third-order valence-electron chi connectivity index (χ3n) is 7.38. The summed E-state index contributed by atoms with van der Waals surface area (Å²) < 4.78 is 10.8. The van der Waals surface area contributed by atoms with Crippen LogP contribution in [0.25, 0.3) is 0 Å². The van der Waals surface area contributed by atoms with Gasteiger partial charge >= 0.3 is 0 Å². The highest BCUT2D eigenvalue weighted by Gasteiger charge is 2.28. The molecular weight excluding hydrogens is 448 g/mol. The van der Waals surface area contributed by atoms with Crippen LogP contribution in [0, 0.1) is 19.8 Å². The molecule has 2 aromatic carbocycles. The number of hydrogen-bond acceptors (Lipinski definition) is 4. The molecule has 1 atom stereocenters. The molecule has 2 aliphatic rings. The van der Waals surface area contributed by atoms with Crippen LogP contribution in [0.2, 0.25) is 0 Å². The highest BCUT2D eigenvalue weighted by atomic mass is 35.5. The van der Waals surface area contributed by atoms with E-state index in [-0.39, 0.29) is 18.3 Å². The van der Waals surface area contributed by atoms with E-state index in [9.17, 15) is 4.79 Å². The first kappa shape index (κ1) is 26.4. The van der Waals surface area contributed by atoms with Crippen molar-refractivity contribution in [3.63, 3.8) is 0 Å². The number of carbonyl (C=O) groups excluding carboxylic acids is 1. The molecule has 1 saturated heterocycles. The lowest BCUT2D eigenvalue weighted by Crippen LogP contribution is -2.43. The Hall–Kier alpha value is -2.24. The molecule has 0 radical (unpaired) electrons. The van der Waals surface area contributed by atoms with Crippen LogP contribution < -0.4 is 9.47 Å². The van der Waals surface area contributed by atoms with Crippen molar-refractivity contribution in [1.29, 1.82) is 0 Å². The Bertz CT molecular complexity index is 994. The van der Waals surface area contributed by atoms with Gasteiger partial charge in [-0.15, -0.1) is 12.4 Å². The molecule has 186 valence electrons. The highest BCUT2D eigenvalue weighted by molar-refractivity contribution is 5.97.